The number of nitrogens with two attached hydrogens (primary N) is 1. The summed E-state index contributed by atoms with van der Waals surface area (Å²) in [6, 6.07) is 7.57. The van der Waals surface area contributed by atoms with Gasteiger partial charge in [-0.05, 0) is 19.1 Å². The predicted molar refractivity (Wildman–Crippen MR) is 69.4 cm³/mol. The van der Waals surface area contributed by atoms with E-state index in [9.17, 15) is 0 Å². The lowest BCUT2D eigenvalue weighted by Crippen LogP contribution is -1.99. The fourth-order valence-corrected chi connectivity index (χ4v) is 2.29. The number of rotatable bonds is 2. The Morgan fingerprint density at radius 3 is 2.89 bits per heavy atom. The smallest absolute Gasteiger partial charge is 0.234 e. The van der Waals surface area contributed by atoms with Crippen LogP contribution in [0, 0.1) is 6.92 Å². The van der Waals surface area contributed by atoms with Crippen LogP contribution in [-0.4, -0.2) is 25.2 Å². The second-order valence-electron chi connectivity index (χ2n) is 3.76. The molecule has 2 aromatic heterocycles. The average molecular weight is 258 g/mol. The van der Waals surface area contributed by atoms with Gasteiger partial charge in [-0.25, -0.2) is 0 Å². The molecule has 3 rings (SSSR count). The summed E-state index contributed by atoms with van der Waals surface area (Å²) in [6.07, 6.45) is 1.69. The van der Waals surface area contributed by atoms with Crippen molar-refractivity contribution in [3.05, 3.63) is 35.5 Å². The second kappa shape index (κ2) is 4.19. The zero-order chi connectivity index (χ0) is 12.5. The van der Waals surface area contributed by atoms with Crippen LogP contribution in [0.4, 0.5) is 5.69 Å². The first kappa shape index (κ1) is 10.8. The summed E-state index contributed by atoms with van der Waals surface area (Å²) in [5.41, 5.74) is 8.28. The topological polar surface area (TPSA) is 82.5 Å². The van der Waals surface area contributed by atoms with Crippen LogP contribution in [0.15, 0.2) is 30.5 Å². The Morgan fingerprint density at radius 1 is 1.28 bits per heavy atom. The molecule has 0 bridgehead atoms. The highest BCUT2D eigenvalue weighted by Crippen LogP contribution is 2.24. The SMILES string of the molecule is Cc1nnc(-n2nncc2-c2cccc(N)c2)s1. The highest BCUT2D eigenvalue weighted by Gasteiger charge is 2.12. The van der Waals surface area contributed by atoms with Crippen molar-refractivity contribution in [2.75, 3.05) is 5.73 Å². The summed E-state index contributed by atoms with van der Waals surface area (Å²) in [5.74, 6) is 0. The van der Waals surface area contributed by atoms with Gasteiger partial charge in [0.05, 0.1) is 11.9 Å². The molecule has 0 aliphatic carbocycles. The molecular weight excluding hydrogens is 248 g/mol. The molecule has 6 nitrogen and oxygen atoms in total. The van der Waals surface area contributed by atoms with E-state index in [0.717, 1.165) is 16.3 Å². The number of aryl methyl sites for hydroxylation is 1. The molecule has 0 radical (unpaired) electrons. The molecule has 0 unspecified atom stereocenters. The monoisotopic (exact) mass is 258 g/mol. The van der Waals surface area contributed by atoms with Gasteiger partial charge in [-0.3, -0.25) is 0 Å². The van der Waals surface area contributed by atoms with Crippen molar-refractivity contribution in [2.45, 2.75) is 6.92 Å². The lowest BCUT2D eigenvalue weighted by molar-refractivity contribution is 0.788. The van der Waals surface area contributed by atoms with Crippen LogP contribution in [0.25, 0.3) is 16.4 Å². The largest absolute Gasteiger partial charge is 0.399 e. The molecule has 2 heterocycles. The molecule has 3 aromatic rings. The van der Waals surface area contributed by atoms with Crippen LogP contribution in [0.2, 0.25) is 0 Å². The molecule has 0 amide bonds. The highest BCUT2D eigenvalue weighted by atomic mass is 32.1. The fourth-order valence-electron chi connectivity index (χ4n) is 1.64. The minimum atomic E-state index is 0.697. The Kier molecular flexibility index (Phi) is 2.52. The number of hydrogen-bond donors (Lipinski definition) is 1. The maximum Gasteiger partial charge on any atom is 0.234 e. The van der Waals surface area contributed by atoms with Gasteiger partial charge in [-0.15, -0.1) is 15.3 Å². The Hall–Kier alpha value is -2.28. The van der Waals surface area contributed by atoms with Crippen molar-refractivity contribution in [1.82, 2.24) is 25.2 Å². The molecule has 0 spiro atoms. The van der Waals surface area contributed by atoms with E-state index in [-0.39, 0.29) is 0 Å². The van der Waals surface area contributed by atoms with E-state index in [1.54, 1.807) is 10.9 Å². The summed E-state index contributed by atoms with van der Waals surface area (Å²) in [4.78, 5) is 0. The molecule has 2 N–H and O–H groups in total. The maximum atomic E-state index is 5.78. The number of aromatic nitrogens is 5. The Bertz CT molecular complexity index is 686. The molecule has 0 aliphatic rings. The zero-order valence-electron chi connectivity index (χ0n) is 9.61. The summed E-state index contributed by atoms with van der Waals surface area (Å²) in [6.45, 7) is 1.90. The lowest BCUT2D eigenvalue weighted by Gasteiger charge is -2.02. The minimum absolute atomic E-state index is 0.697. The van der Waals surface area contributed by atoms with Crippen molar-refractivity contribution in [2.24, 2.45) is 0 Å². The van der Waals surface area contributed by atoms with E-state index < -0.39 is 0 Å². The number of hydrogen-bond acceptors (Lipinski definition) is 6. The minimum Gasteiger partial charge on any atom is -0.399 e. The van der Waals surface area contributed by atoms with E-state index in [0.29, 0.717) is 10.8 Å². The third-order valence-electron chi connectivity index (χ3n) is 2.43. The molecule has 0 atom stereocenters. The summed E-state index contributed by atoms with van der Waals surface area (Å²) in [5, 5.41) is 17.6. The van der Waals surface area contributed by atoms with Gasteiger partial charge in [0, 0.05) is 11.3 Å². The molecule has 7 heteroatoms. The summed E-state index contributed by atoms with van der Waals surface area (Å²) >= 11 is 1.47. The van der Waals surface area contributed by atoms with Gasteiger partial charge in [0.25, 0.3) is 0 Å². The number of nitrogens with zero attached hydrogens (tertiary/aromatic N) is 5. The van der Waals surface area contributed by atoms with Crippen LogP contribution in [0.3, 0.4) is 0 Å². The Balaban J connectivity index is 2.12. The van der Waals surface area contributed by atoms with Gasteiger partial charge < -0.3 is 5.73 Å². The highest BCUT2D eigenvalue weighted by molar-refractivity contribution is 7.13. The predicted octanol–water partition coefficient (Wildman–Crippen LogP) is 1.68. The molecule has 0 aliphatic heterocycles. The van der Waals surface area contributed by atoms with Crippen molar-refractivity contribution in [1.29, 1.82) is 0 Å². The summed E-state index contributed by atoms with van der Waals surface area (Å²) < 4.78 is 1.67. The molecule has 0 saturated heterocycles. The van der Waals surface area contributed by atoms with Crippen LogP contribution in [0.1, 0.15) is 5.01 Å². The molecule has 0 saturated carbocycles. The Labute approximate surface area is 107 Å². The molecular formula is C11H10N6S. The van der Waals surface area contributed by atoms with E-state index in [1.807, 2.05) is 31.2 Å². The first-order valence-electron chi connectivity index (χ1n) is 5.31. The third-order valence-corrected chi connectivity index (χ3v) is 3.24. The van der Waals surface area contributed by atoms with Crippen LogP contribution in [0.5, 0.6) is 0 Å². The first-order valence-corrected chi connectivity index (χ1v) is 6.13. The van der Waals surface area contributed by atoms with Gasteiger partial charge in [0.15, 0.2) is 0 Å². The quantitative estimate of drug-likeness (QED) is 0.707. The van der Waals surface area contributed by atoms with Gasteiger partial charge in [0.2, 0.25) is 5.13 Å². The van der Waals surface area contributed by atoms with E-state index in [2.05, 4.69) is 20.5 Å². The molecule has 1 aromatic carbocycles. The van der Waals surface area contributed by atoms with E-state index in [1.165, 1.54) is 11.3 Å². The molecule has 18 heavy (non-hydrogen) atoms. The summed E-state index contributed by atoms with van der Waals surface area (Å²) in [7, 11) is 0. The van der Waals surface area contributed by atoms with Gasteiger partial charge in [-0.2, -0.15) is 4.68 Å². The van der Waals surface area contributed by atoms with Crippen molar-refractivity contribution < 1.29 is 0 Å². The van der Waals surface area contributed by atoms with Crippen molar-refractivity contribution in [3.63, 3.8) is 0 Å². The zero-order valence-corrected chi connectivity index (χ0v) is 10.4. The van der Waals surface area contributed by atoms with Gasteiger partial charge >= 0.3 is 0 Å². The third kappa shape index (κ3) is 1.84. The fraction of sp³-hybridized carbons (Fsp3) is 0.0909. The normalized spacial score (nSPS) is 10.7. The Morgan fingerprint density at radius 2 is 2.17 bits per heavy atom. The second-order valence-corrected chi connectivity index (χ2v) is 4.92. The molecule has 0 fully saturated rings. The lowest BCUT2D eigenvalue weighted by atomic mass is 10.1. The standard InChI is InChI=1S/C11H10N6S/c1-7-14-15-11(18-7)17-10(6-13-16-17)8-3-2-4-9(12)5-8/h2-6H,12H2,1H3. The number of anilines is 1. The first-order chi connectivity index (χ1) is 8.74. The van der Waals surface area contributed by atoms with E-state index >= 15 is 0 Å². The van der Waals surface area contributed by atoms with Crippen molar-refractivity contribution in [3.8, 4) is 16.4 Å². The van der Waals surface area contributed by atoms with Crippen molar-refractivity contribution >= 4 is 17.0 Å². The number of benzene rings is 1. The molecule has 90 valence electrons. The van der Waals surface area contributed by atoms with Gasteiger partial charge in [0.1, 0.15) is 5.01 Å². The van der Waals surface area contributed by atoms with Crippen LogP contribution < -0.4 is 5.73 Å². The van der Waals surface area contributed by atoms with Gasteiger partial charge in [-0.1, -0.05) is 28.7 Å². The average Bonchev–Trinajstić information content (AvgIpc) is 2.96. The van der Waals surface area contributed by atoms with E-state index in [4.69, 9.17) is 5.73 Å². The van der Waals surface area contributed by atoms with Crippen LogP contribution >= 0.6 is 11.3 Å². The maximum absolute atomic E-state index is 5.78. The van der Waals surface area contributed by atoms with Crippen LogP contribution in [-0.2, 0) is 0 Å². The number of nitrogen functional groups attached to an aromatic ring is 1.